The van der Waals surface area contributed by atoms with Crippen LogP contribution in [0.25, 0.3) is 0 Å². The Hall–Kier alpha value is -1.56. The lowest BCUT2D eigenvalue weighted by atomic mass is 10.0. The summed E-state index contributed by atoms with van der Waals surface area (Å²) in [4.78, 5) is 10.9. The van der Waals surface area contributed by atoms with Gasteiger partial charge in [-0.3, -0.25) is 4.79 Å². The van der Waals surface area contributed by atoms with Crippen LogP contribution in [0.2, 0.25) is 0 Å². The fourth-order valence-electron chi connectivity index (χ4n) is 1.37. The summed E-state index contributed by atoms with van der Waals surface area (Å²) in [5.74, 6) is -3.83. The average molecular weight is 277 g/mol. The lowest BCUT2D eigenvalue weighted by molar-refractivity contribution is -0.140. The first-order chi connectivity index (χ1) is 8.93. The number of benzene rings is 1. The van der Waals surface area contributed by atoms with Crippen LogP contribution >= 0.6 is 0 Å². The first-order valence-corrected chi connectivity index (χ1v) is 5.90. The number of methoxy groups -OCH3 is 1. The number of hydrogen-bond acceptors (Lipinski definition) is 3. The number of rotatable bonds is 4. The highest BCUT2D eigenvalue weighted by atomic mass is 19.2. The lowest BCUT2D eigenvalue weighted by Crippen LogP contribution is -2.27. The third-order valence-corrected chi connectivity index (χ3v) is 2.23. The molecular weight excluding hydrogens is 259 g/mol. The van der Waals surface area contributed by atoms with E-state index in [1.165, 1.54) is 7.11 Å². The zero-order chi connectivity index (χ0) is 15.0. The van der Waals surface area contributed by atoms with E-state index in [1.807, 2.05) is 13.8 Å². The molecule has 1 atom stereocenters. The van der Waals surface area contributed by atoms with Gasteiger partial charge in [-0.15, -0.1) is 0 Å². The van der Waals surface area contributed by atoms with Crippen LogP contribution in [-0.4, -0.2) is 19.1 Å². The molecule has 0 aliphatic carbocycles. The second-order valence-electron chi connectivity index (χ2n) is 3.60. The van der Waals surface area contributed by atoms with Crippen LogP contribution in [0.4, 0.5) is 13.2 Å². The van der Waals surface area contributed by atoms with Crippen LogP contribution in [0.3, 0.4) is 0 Å². The highest BCUT2D eigenvalue weighted by Crippen LogP contribution is 2.15. The van der Waals surface area contributed by atoms with Crippen molar-refractivity contribution < 1.29 is 22.7 Å². The molecule has 3 nitrogen and oxygen atoms in total. The minimum atomic E-state index is -1.26. The van der Waals surface area contributed by atoms with E-state index in [1.54, 1.807) is 0 Å². The number of nitrogens with two attached hydrogens (primary N) is 1. The molecule has 0 heterocycles. The average Bonchev–Trinajstić information content (AvgIpc) is 2.38. The molecule has 1 rings (SSSR count). The third kappa shape index (κ3) is 5.74. The SMILES string of the molecule is CC.COC(=O)C[C@H](N)Cc1cc(F)c(F)cc1F. The quantitative estimate of drug-likeness (QED) is 0.679. The van der Waals surface area contributed by atoms with E-state index in [2.05, 4.69) is 4.74 Å². The molecule has 0 radical (unpaired) electrons. The number of carbonyl (C=O) groups excluding carboxylic acids is 1. The minimum absolute atomic E-state index is 0.0692. The van der Waals surface area contributed by atoms with Gasteiger partial charge in [-0.05, 0) is 18.1 Å². The molecule has 0 aliphatic rings. The summed E-state index contributed by atoms with van der Waals surface area (Å²) in [5, 5.41) is 0. The van der Waals surface area contributed by atoms with Crippen molar-refractivity contribution in [1.82, 2.24) is 0 Å². The monoisotopic (exact) mass is 277 g/mol. The standard InChI is InChI=1S/C11H12F3NO2.C2H6/c1-17-11(16)4-7(15)2-6-3-9(13)10(14)5-8(6)12;1-2/h3,5,7H,2,4,15H2,1H3;1-2H3/t7-;/m1./s1. The zero-order valence-corrected chi connectivity index (χ0v) is 11.2. The Bertz CT molecular complexity index is 425. The third-order valence-electron chi connectivity index (χ3n) is 2.23. The van der Waals surface area contributed by atoms with Crippen molar-refractivity contribution in [2.24, 2.45) is 5.73 Å². The van der Waals surface area contributed by atoms with Crippen molar-refractivity contribution >= 4 is 5.97 Å². The van der Waals surface area contributed by atoms with Gasteiger partial charge in [-0.2, -0.15) is 0 Å². The normalized spacial score (nSPS) is 11.3. The molecule has 0 spiro atoms. The van der Waals surface area contributed by atoms with Gasteiger partial charge < -0.3 is 10.5 Å². The van der Waals surface area contributed by atoms with Gasteiger partial charge in [-0.1, -0.05) is 13.8 Å². The van der Waals surface area contributed by atoms with Gasteiger partial charge in [0.1, 0.15) is 5.82 Å². The zero-order valence-electron chi connectivity index (χ0n) is 11.2. The highest BCUT2D eigenvalue weighted by Gasteiger charge is 2.15. The molecule has 6 heteroatoms. The van der Waals surface area contributed by atoms with Crippen molar-refractivity contribution in [3.05, 3.63) is 35.1 Å². The maximum absolute atomic E-state index is 13.2. The smallest absolute Gasteiger partial charge is 0.307 e. The molecule has 0 saturated heterocycles. The number of halogens is 3. The van der Waals surface area contributed by atoms with Gasteiger partial charge in [-0.25, -0.2) is 13.2 Å². The Kier molecular flexibility index (Phi) is 7.83. The second-order valence-corrected chi connectivity index (χ2v) is 3.60. The van der Waals surface area contributed by atoms with Crippen LogP contribution in [0.1, 0.15) is 25.8 Å². The van der Waals surface area contributed by atoms with Gasteiger partial charge in [0.2, 0.25) is 0 Å². The van der Waals surface area contributed by atoms with E-state index in [4.69, 9.17) is 5.73 Å². The van der Waals surface area contributed by atoms with Crippen LogP contribution in [0, 0.1) is 17.5 Å². The second kappa shape index (κ2) is 8.53. The summed E-state index contributed by atoms with van der Waals surface area (Å²) in [6.45, 7) is 4.00. The Balaban J connectivity index is 0.00000154. The fourth-order valence-corrected chi connectivity index (χ4v) is 1.37. The fraction of sp³-hybridized carbons (Fsp3) is 0.462. The topological polar surface area (TPSA) is 52.3 Å². The number of esters is 1. The molecule has 0 bridgehead atoms. The van der Waals surface area contributed by atoms with E-state index in [-0.39, 0.29) is 18.4 Å². The first-order valence-electron chi connectivity index (χ1n) is 5.90. The van der Waals surface area contributed by atoms with Crippen LogP contribution in [0.5, 0.6) is 0 Å². The molecule has 19 heavy (non-hydrogen) atoms. The van der Waals surface area contributed by atoms with Crippen molar-refractivity contribution in [3.8, 4) is 0 Å². The van der Waals surface area contributed by atoms with Crippen molar-refractivity contribution in [2.45, 2.75) is 32.7 Å². The van der Waals surface area contributed by atoms with Crippen LogP contribution < -0.4 is 5.73 Å². The predicted octanol–water partition coefficient (Wildman–Crippen LogP) is 2.56. The molecule has 0 unspecified atom stereocenters. The molecule has 0 aliphatic heterocycles. The molecular formula is C13H18F3NO2. The maximum atomic E-state index is 13.2. The molecule has 0 aromatic heterocycles. The van der Waals surface area contributed by atoms with Gasteiger partial charge in [0.05, 0.1) is 13.5 Å². The molecule has 1 aromatic rings. The van der Waals surface area contributed by atoms with E-state index < -0.39 is 29.5 Å². The summed E-state index contributed by atoms with van der Waals surface area (Å²) in [6, 6.07) is 0.485. The molecule has 1 aromatic carbocycles. The molecule has 0 amide bonds. The lowest BCUT2D eigenvalue weighted by Gasteiger charge is -2.11. The summed E-state index contributed by atoms with van der Waals surface area (Å²) >= 11 is 0. The maximum Gasteiger partial charge on any atom is 0.307 e. The minimum Gasteiger partial charge on any atom is -0.469 e. The Morgan fingerprint density at radius 3 is 2.26 bits per heavy atom. The molecule has 2 N–H and O–H groups in total. The summed E-state index contributed by atoms with van der Waals surface area (Å²) in [7, 11) is 1.20. The van der Waals surface area contributed by atoms with Crippen molar-refractivity contribution in [3.63, 3.8) is 0 Å². The number of ether oxygens (including phenoxy) is 1. The molecule has 0 saturated carbocycles. The van der Waals surface area contributed by atoms with E-state index >= 15 is 0 Å². The van der Waals surface area contributed by atoms with Crippen molar-refractivity contribution in [1.29, 1.82) is 0 Å². The largest absolute Gasteiger partial charge is 0.469 e. The Labute approximate surface area is 110 Å². The first kappa shape index (κ1) is 17.4. The van der Waals surface area contributed by atoms with E-state index in [9.17, 15) is 18.0 Å². The summed E-state index contributed by atoms with van der Waals surface area (Å²) in [5.41, 5.74) is 5.49. The van der Waals surface area contributed by atoms with Crippen LogP contribution in [-0.2, 0) is 16.0 Å². The van der Waals surface area contributed by atoms with Crippen molar-refractivity contribution in [2.75, 3.05) is 7.11 Å². The Morgan fingerprint density at radius 2 is 1.74 bits per heavy atom. The van der Waals surface area contributed by atoms with Gasteiger partial charge >= 0.3 is 5.97 Å². The molecule has 0 fully saturated rings. The van der Waals surface area contributed by atoms with E-state index in [0.29, 0.717) is 6.07 Å². The summed E-state index contributed by atoms with van der Waals surface area (Å²) < 4.78 is 43.1. The predicted molar refractivity (Wildman–Crippen MR) is 66.0 cm³/mol. The van der Waals surface area contributed by atoms with Gasteiger partial charge in [0.15, 0.2) is 11.6 Å². The van der Waals surface area contributed by atoms with Crippen LogP contribution in [0.15, 0.2) is 12.1 Å². The summed E-state index contributed by atoms with van der Waals surface area (Å²) in [6.07, 6.45) is -0.187. The van der Waals surface area contributed by atoms with E-state index in [0.717, 1.165) is 6.07 Å². The number of carbonyl (C=O) groups is 1. The van der Waals surface area contributed by atoms with Gasteiger partial charge in [0, 0.05) is 12.1 Å². The Morgan fingerprint density at radius 1 is 1.21 bits per heavy atom. The molecule has 108 valence electrons. The van der Waals surface area contributed by atoms with Gasteiger partial charge in [0.25, 0.3) is 0 Å². The number of hydrogen-bond donors (Lipinski definition) is 1. The highest BCUT2D eigenvalue weighted by molar-refractivity contribution is 5.69.